The van der Waals surface area contributed by atoms with Crippen LogP contribution in [0.15, 0.2) is 12.1 Å². The number of alkyl halides is 2. The van der Waals surface area contributed by atoms with Crippen LogP contribution in [-0.4, -0.2) is 32.5 Å². The SMILES string of the molecule is CC(C)S(=O)(=O)N[C@H]1CC[C@H](CNc2cc(F)c3c(c2)OC(F)(F)O3)CC1. The number of halogens is 3. The number of hydrogen-bond acceptors (Lipinski definition) is 5. The van der Waals surface area contributed by atoms with Gasteiger partial charge in [0.15, 0.2) is 11.6 Å². The molecule has 1 aromatic carbocycles. The summed E-state index contributed by atoms with van der Waals surface area (Å²) in [6.07, 6.45) is -0.795. The standard InChI is InChI=1S/C17H23F3N2O4S/c1-10(2)27(23,24)22-12-5-3-11(4-6-12)9-21-13-7-14(18)16-15(8-13)25-17(19,20)26-16/h7-8,10-12,21-22H,3-6,9H2,1-2H3/t11-,12-. The van der Waals surface area contributed by atoms with Gasteiger partial charge in [-0.15, -0.1) is 8.78 Å². The first-order valence-corrected chi connectivity index (χ1v) is 10.4. The number of sulfonamides is 1. The molecule has 1 saturated carbocycles. The molecule has 27 heavy (non-hydrogen) atoms. The molecule has 0 spiro atoms. The number of ether oxygens (including phenoxy) is 2. The third kappa shape index (κ3) is 4.78. The molecule has 3 rings (SSSR count). The fraction of sp³-hybridized carbons (Fsp3) is 0.647. The predicted octanol–water partition coefficient (Wildman–Crippen LogP) is 3.45. The normalized spacial score (nSPS) is 24.2. The molecule has 0 amide bonds. The second-order valence-corrected chi connectivity index (χ2v) is 9.53. The van der Waals surface area contributed by atoms with Crippen molar-refractivity contribution in [2.24, 2.45) is 5.92 Å². The van der Waals surface area contributed by atoms with Crippen molar-refractivity contribution in [3.05, 3.63) is 17.9 Å². The summed E-state index contributed by atoms with van der Waals surface area (Å²) in [4.78, 5) is 0. The van der Waals surface area contributed by atoms with E-state index in [-0.39, 0.29) is 17.7 Å². The molecule has 1 heterocycles. The molecule has 0 radical (unpaired) electrons. The topological polar surface area (TPSA) is 76.7 Å². The second kappa shape index (κ2) is 7.38. The maximum atomic E-state index is 13.9. The molecule has 2 N–H and O–H groups in total. The average molecular weight is 408 g/mol. The van der Waals surface area contributed by atoms with E-state index >= 15 is 0 Å². The van der Waals surface area contributed by atoms with Gasteiger partial charge in [-0.05, 0) is 45.4 Å². The quantitative estimate of drug-likeness (QED) is 0.754. The van der Waals surface area contributed by atoms with Crippen molar-refractivity contribution in [2.45, 2.75) is 57.1 Å². The number of rotatable bonds is 6. The van der Waals surface area contributed by atoms with Crippen molar-refractivity contribution in [2.75, 3.05) is 11.9 Å². The van der Waals surface area contributed by atoms with Gasteiger partial charge >= 0.3 is 6.29 Å². The molecule has 1 aliphatic heterocycles. The molecule has 1 aromatic rings. The van der Waals surface area contributed by atoms with Crippen molar-refractivity contribution in [1.29, 1.82) is 0 Å². The van der Waals surface area contributed by atoms with Crippen LogP contribution in [0.25, 0.3) is 0 Å². The highest BCUT2D eigenvalue weighted by molar-refractivity contribution is 7.90. The molecule has 0 bridgehead atoms. The van der Waals surface area contributed by atoms with Crippen LogP contribution >= 0.6 is 0 Å². The van der Waals surface area contributed by atoms with Crippen molar-refractivity contribution >= 4 is 15.7 Å². The van der Waals surface area contributed by atoms with Gasteiger partial charge in [-0.2, -0.15) is 0 Å². The van der Waals surface area contributed by atoms with Crippen LogP contribution in [0.4, 0.5) is 18.9 Å². The van der Waals surface area contributed by atoms with E-state index < -0.39 is 33.1 Å². The lowest BCUT2D eigenvalue weighted by molar-refractivity contribution is -0.287. The number of benzene rings is 1. The molecular weight excluding hydrogens is 385 g/mol. The molecule has 0 unspecified atom stereocenters. The smallest absolute Gasteiger partial charge is 0.395 e. The van der Waals surface area contributed by atoms with Gasteiger partial charge in [0.25, 0.3) is 0 Å². The van der Waals surface area contributed by atoms with E-state index in [9.17, 15) is 21.6 Å². The summed E-state index contributed by atoms with van der Waals surface area (Å²) in [7, 11) is -3.29. The maximum Gasteiger partial charge on any atom is 0.586 e. The third-order valence-electron chi connectivity index (χ3n) is 4.85. The fourth-order valence-corrected chi connectivity index (χ4v) is 4.20. The first kappa shape index (κ1) is 20.1. The zero-order valence-electron chi connectivity index (χ0n) is 15.1. The third-order valence-corrected chi connectivity index (χ3v) is 6.76. The van der Waals surface area contributed by atoms with Gasteiger partial charge in [0.1, 0.15) is 0 Å². The summed E-state index contributed by atoms with van der Waals surface area (Å²) < 4.78 is 75.0. The lowest BCUT2D eigenvalue weighted by Crippen LogP contribution is -2.41. The highest BCUT2D eigenvalue weighted by Crippen LogP contribution is 2.44. The second-order valence-electron chi connectivity index (χ2n) is 7.26. The molecule has 10 heteroatoms. The number of fused-ring (bicyclic) bond motifs is 1. The zero-order valence-corrected chi connectivity index (χ0v) is 15.9. The molecule has 0 atom stereocenters. The van der Waals surface area contributed by atoms with Gasteiger partial charge in [-0.1, -0.05) is 0 Å². The Balaban J connectivity index is 1.51. The van der Waals surface area contributed by atoms with Crippen LogP contribution in [-0.2, 0) is 10.0 Å². The Kier molecular flexibility index (Phi) is 5.49. The lowest BCUT2D eigenvalue weighted by Gasteiger charge is -2.29. The highest BCUT2D eigenvalue weighted by Gasteiger charge is 2.45. The molecule has 6 nitrogen and oxygen atoms in total. The number of hydrogen-bond donors (Lipinski definition) is 2. The Labute approximate surface area is 156 Å². The van der Waals surface area contributed by atoms with Gasteiger partial charge in [-0.3, -0.25) is 0 Å². The van der Waals surface area contributed by atoms with Crippen LogP contribution in [0.3, 0.4) is 0 Å². The lowest BCUT2D eigenvalue weighted by atomic mass is 9.86. The number of anilines is 1. The Morgan fingerprint density at radius 2 is 1.85 bits per heavy atom. The Hall–Kier alpha value is -1.68. The first-order valence-electron chi connectivity index (χ1n) is 8.90. The Morgan fingerprint density at radius 3 is 2.48 bits per heavy atom. The monoisotopic (exact) mass is 408 g/mol. The van der Waals surface area contributed by atoms with E-state index in [4.69, 9.17) is 0 Å². The minimum absolute atomic E-state index is 0.0705. The highest BCUT2D eigenvalue weighted by atomic mass is 32.2. The van der Waals surface area contributed by atoms with E-state index in [0.29, 0.717) is 12.2 Å². The molecule has 1 aliphatic carbocycles. The predicted molar refractivity (Wildman–Crippen MR) is 94.0 cm³/mol. The van der Waals surface area contributed by atoms with E-state index in [1.165, 1.54) is 6.07 Å². The molecule has 152 valence electrons. The van der Waals surface area contributed by atoms with E-state index in [1.54, 1.807) is 13.8 Å². The van der Waals surface area contributed by atoms with Crippen LogP contribution in [0.2, 0.25) is 0 Å². The van der Waals surface area contributed by atoms with Gasteiger partial charge in [0.05, 0.1) is 5.25 Å². The molecular formula is C17H23F3N2O4S. The summed E-state index contributed by atoms with van der Waals surface area (Å²) >= 11 is 0. The van der Waals surface area contributed by atoms with Gasteiger partial charge in [-0.25, -0.2) is 17.5 Å². The van der Waals surface area contributed by atoms with E-state index in [2.05, 4.69) is 19.5 Å². The van der Waals surface area contributed by atoms with Crippen molar-refractivity contribution in [1.82, 2.24) is 4.72 Å². The van der Waals surface area contributed by atoms with Crippen molar-refractivity contribution in [3.63, 3.8) is 0 Å². The minimum atomic E-state index is -3.86. The van der Waals surface area contributed by atoms with E-state index in [0.717, 1.165) is 31.7 Å². The maximum absolute atomic E-state index is 13.9. The number of nitrogens with one attached hydrogen (secondary N) is 2. The van der Waals surface area contributed by atoms with Gasteiger partial charge in [0.2, 0.25) is 15.8 Å². The molecule has 0 aromatic heterocycles. The van der Waals surface area contributed by atoms with Crippen LogP contribution < -0.4 is 19.5 Å². The summed E-state index contributed by atoms with van der Waals surface area (Å²) in [5, 5.41) is 2.57. The summed E-state index contributed by atoms with van der Waals surface area (Å²) in [6.45, 7) is 3.80. The zero-order chi connectivity index (χ0) is 19.8. The van der Waals surface area contributed by atoms with Crippen molar-refractivity contribution < 1.29 is 31.1 Å². The molecule has 2 aliphatic rings. The van der Waals surface area contributed by atoms with Crippen LogP contribution in [0, 0.1) is 11.7 Å². The minimum Gasteiger partial charge on any atom is -0.395 e. The Morgan fingerprint density at radius 1 is 1.19 bits per heavy atom. The molecule has 0 saturated heterocycles. The molecule has 1 fully saturated rings. The largest absolute Gasteiger partial charge is 0.586 e. The van der Waals surface area contributed by atoms with Gasteiger partial charge in [0, 0.05) is 30.4 Å². The van der Waals surface area contributed by atoms with Crippen molar-refractivity contribution in [3.8, 4) is 11.5 Å². The van der Waals surface area contributed by atoms with Gasteiger partial charge < -0.3 is 14.8 Å². The van der Waals surface area contributed by atoms with E-state index in [1.807, 2.05) is 0 Å². The average Bonchev–Trinajstić information content (AvgIpc) is 2.88. The summed E-state index contributed by atoms with van der Waals surface area (Å²) in [6, 6.07) is 2.30. The fourth-order valence-electron chi connectivity index (χ4n) is 3.23. The van der Waals surface area contributed by atoms with Crippen LogP contribution in [0.5, 0.6) is 11.5 Å². The van der Waals surface area contributed by atoms with Crippen LogP contribution in [0.1, 0.15) is 39.5 Å². The first-order chi connectivity index (χ1) is 12.6. The summed E-state index contributed by atoms with van der Waals surface area (Å²) in [5.41, 5.74) is 0.329. The summed E-state index contributed by atoms with van der Waals surface area (Å²) in [5.74, 6) is -1.57. The Bertz CT molecular complexity index is 794.